The number of nitrogens with two attached hydrogens (primary N) is 1. The molecule has 1 aromatic rings. The third-order valence-electron chi connectivity index (χ3n) is 5.31. The van der Waals surface area contributed by atoms with Crippen LogP contribution in [0.3, 0.4) is 0 Å². The van der Waals surface area contributed by atoms with E-state index >= 15 is 0 Å². The zero-order valence-electron chi connectivity index (χ0n) is 13.8. The second kappa shape index (κ2) is 5.89. The number of benzene rings is 1. The van der Waals surface area contributed by atoms with E-state index < -0.39 is 0 Å². The second-order valence-corrected chi connectivity index (χ2v) is 7.93. The summed E-state index contributed by atoms with van der Waals surface area (Å²) in [5.41, 5.74) is 9.45. The van der Waals surface area contributed by atoms with Crippen LogP contribution in [0.4, 0.5) is 0 Å². The Morgan fingerprint density at radius 1 is 1.00 bits per heavy atom. The Labute approximate surface area is 125 Å². The third-order valence-corrected chi connectivity index (χ3v) is 5.31. The van der Waals surface area contributed by atoms with Gasteiger partial charge in [0.05, 0.1) is 0 Å². The Morgan fingerprint density at radius 2 is 1.60 bits per heavy atom. The molecule has 4 atom stereocenters. The minimum Gasteiger partial charge on any atom is -0.324 e. The molecular weight excluding hydrogens is 242 g/mol. The van der Waals surface area contributed by atoms with Crippen molar-refractivity contribution in [1.82, 2.24) is 0 Å². The molecule has 1 heteroatoms. The fraction of sp³-hybridized carbons (Fsp3) is 0.684. The molecule has 0 saturated heterocycles. The number of rotatable bonds is 2. The van der Waals surface area contributed by atoms with Crippen LogP contribution in [0.1, 0.15) is 71.0 Å². The van der Waals surface area contributed by atoms with E-state index in [0.29, 0.717) is 5.92 Å². The van der Waals surface area contributed by atoms with Gasteiger partial charge in [-0.2, -0.15) is 0 Å². The van der Waals surface area contributed by atoms with Gasteiger partial charge in [0.25, 0.3) is 0 Å². The van der Waals surface area contributed by atoms with Crippen molar-refractivity contribution in [3.63, 3.8) is 0 Å². The summed E-state index contributed by atoms with van der Waals surface area (Å²) in [4.78, 5) is 0. The van der Waals surface area contributed by atoms with Crippen LogP contribution in [0.2, 0.25) is 0 Å². The molecule has 0 aromatic heterocycles. The van der Waals surface area contributed by atoms with E-state index in [1.807, 2.05) is 0 Å². The molecule has 4 unspecified atom stereocenters. The molecule has 2 rings (SSSR count). The van der Waals surface area contributed by atoms with E-state index in [1.165, 1.54) is 30.4 Å². The maximum Gasteiger partial charge on any atom is 0.0323 e. The van der Waals surface area contributed by atoms with Gasteiger partial charge in [0.1, 0.15) is 0 Å². The molecule has 0 heterocycles. The fourth-order valence-electron chi connectivity index (χ4n) is 3.39. The Kier molecular flexibility index (Phi) is 4.59. The maximum absolute atomic E-state index is 6.54. The lowest BCUT2D eigenvalue weighted by Crippen LogP contribution is -2.29. The summed E-state index contributed by atoms with van der Waals surface area (Å²) in [7, 11) is 0. The van der Waals surface area contributed by atoms with Crippen molar-refractivity contribution in [1.29, 1.82) is 0 Å². The van der Waals surface area contributed by atoms with Crippen LogP contribution in [-0.4, -0.2) is 0 Å². The summed E-state index contributed by atoms with van der Waals surface area (Å²) in [6.45, 7) is 11.5. The molecule has 1 fully saturated rings. The molecule has 0 spiro atoms. The van der Waals surface area contributed by atoms with Crippen LogP contribution in [-0.2, 0) is 5.41 Å². The average Bonchev–Trinajstić information content (AvgIpc) is 2.40. The fourth-order valence-corrected chi connectivity index (χ4v) is 3.39. The van der Waals surface area contributed by atoms with Gasteiger partial charge in [0.15, 0.2) is 0 Å². The van der Waals surface area contributed by atoms with Gasteiger partial charge < -0.3 is 5.73 Å². The van der Waals surface area contributed by atoms with E-state index in [9.17, 15) is 0 Å². The number of hydrogen-bond acceptors (Lipinski definition) is 1. The Balaban J connectivity index is 2.08. The summed E-state index contributed by atoms with van der Waals surface area (Å²) in [5, 5.41) is 0. The molecule has 0 amide bonds. The predicted molar refractivity (Wildman–Crippen MR) is 87.7 cm³/mol. The van der Waals surface area contributed by atoms with Crippen molar-refractivity contribution in [3.8, 4) is 0 Å². The van der Waals surface area contributed by atoms with Crippen molar-refractivity contribution >= 4 is 0 Å². The quantitative estimate of drug-likeness (QED) is 0.801. The van der Waals surface area contributed by atoms with Gasteiger partial charge in [-0.3, -0.25) is 0 Å². The van der Waals surface area contributed by atoms with E-state index in [0.717, 1.165) is 11.8 Å². The monoisotopic (exact) mass is 273 g/mol. The van der Waals surface area contributed by atoms with Gasteiger partial charge in [-0.15, -0.1) is 0 Å². The molecule has 112 valence electrons. The normalized spacial score (nSPS) is 29.2. The Bertz CT molecular complexity index is 426. The second-order valence-electron chi connectivity index (χ2n) is 7.93. The first kappa shape index (κ1) is 15.6. The molecule has 1 aliphatic carbocycles. The SMILES string of the molecule is CC1CCC(C(N)c2ccc(C(C)(C)C)cc2)CC1C. The minimum absolute atomic E-state index is 0.207. The lowest BCUT2D eigenvalue weighted by molar-refractivity contribution is 0.186. The highest BCUT2D eigenvalue weighted by molar-refractivity contribution is 5.29. The van der Waals surface area contributed by atoms with E-state index in [2.05, 4.69) is 58.9 Å². The molecule has 0 aliphatic heterocycles. The van der Waals surface area contributed by atoms with Crippen LogP contribution in [0.5, 0.6) is 0 Å². The highest BCUT2D eigenvalue weighted by Gasteiger charge is 2.29. The van der Waals surface area contributed by atoms with Crippen LogP contribution in [0, 0.1) is 17.8 Å². The van der Waals surface area contributed by atoms with Crippen molar-refractivity contribution < 1.29 is 0 Å². The molecule has 20 heavy (non-hydrogen) atoms. The van der Waals surface area contributed by atoms with Crippen LogP contribution < -0.4 is 5.73 Å². The van der Waals surface area contributed by atoms with Crippen molar-refractivity contribution in [2.45, 2.75) is 65.3 Å². The smallest absolute Gasteiger partial charge is 0.0323 e. The first-order valence-corrected chi connectivity index (χ1v) is 8.15. The Hall–Kier alpha value is -0.820. The molecule has 1 saturated carbocycles. The van der Waals surface area contributed by atoms with Crippen molar-refractivity contribution in [2.75, 3.05) is 0 Å². The van der Waals surface area contributed by atoms with Gasteiger partial charge >= 0.3 is 0 Å². The van der Waals surface area contributed by atoms with E-state index in [4.69, 9.17) is 5.73 Å². The molecule has 1 nitrogen and oxygen atoms in total. The topological polar surface area (TPSA) is 26.0 Å². The maximum atomic E-state index is 6.54. The summed E-state index contributed by atoms with van der Waals surface area (Å²) in [6, 6.07) is 9.20. The highest BCUT2D eigenvalue weighted by Crippen LogP contribution is 2.39. The van der Waals surface area contributed by atoms with Gasteiger partial charge in [-0.1, -0.05) is 65.3 Å². The lowest BCUT2D eigenvalue weighted by atomic mass is 9.72. The predicted octanol–water partition coefficient (Wildman–Crippen LogP) is 5.06. The molecule has 1 aromatic carbocycles. The van der Waals surface area contributed by atoms with Gasteiger partial charge in [0.2, 0.25) is 0 Å². The van der Waals surface area contributed by atoms with Crippen LogP contribution in [0.25, 0.3) is 0 Å². The molecule has 0 radical (unpaired) electrons. The molecule has 0 bridgehead atoms. The third kappa shape index (κ3) is 3.44. The van der Waals surface area contributed by atoms with Crippen molar-refractivity contribution in [3.05, 3.63) is 35.4 Å². The van der Waals surface area contributed by atoms with Crippen LogP contribution in [0.15, 0.2) is 24.3 Å². The molecular formula is C19H31N. The zero-order valence-corrected chi connectivity index (χ0v) is 13.8. The first-order valence-electron chi connectivity index (χ1n) is 8.15. The standard InChI is InChI=1S/C19H31N/c1-13-6-7-16(12-14(13)2)18(20)15-8-10-17(11-9-15)19(3,4)5/h8-11,13-14,16,18H,6-7,12,20H2,1-5H3. The molecule has 2 N–H and O–H groups in total. The number of hydrogen-bond donors (Lipinski definition) is 1. The van der Waals surface area contributed by atoms with Crippen molar-refractivity contribution in [2.24, 2.45) is 23.5 Å². The van der Waals surface area contributed by atoms with Gasteiger partial charge in [-0.05, 0) is 47.1 Å². The highest BCUT2D eigenvalue weighted by atomic mass is 14.7. The molecule has 1 aliphatic rings. The Morgan fingerprint density at radius 3 is 2.10 bits per heavy atom. The largest absolute Gasteiger partial charge is 0.324 e. The van der Waals surface area contributed by atoms with E-state index in [-0.39, 0.29) is 11.5 Å². The first-order chi connectivity index (χ1) is 9.29. The van der Waals surface area contributed by atoms with Crippen LogP contribution >= 0.6 is 0 Å². The summed E-state index contributed by atoms with van der Waals surface area (Å²) >= 11 is 0. The summed E-state index contributed by atoms with van der Waals surface area (Å²) < 4.78 is 0. The summed E-state index contributed by atoms with van der Waals surface area (Å²) in [5.74, 6) is 2.33. The summed E-state index contributed by atoms with van der Waals surface area (Å²) in [6.07, 6.45) is 3.90. The average molecular weight is 273 g/mol. The minimum atomic E-state index is 0.207. The van der Waals surface area contributed by atoms with Gasteiger partial charge in [-0.25, -0.2) is 0 Å². The lowest BCUT2D eigenvalue weighted by Gasteiger charge is -2.35. The van der Waals surface area contributed by atoms with E-state index in [1.54, 1.807) is 0 Å². The zero-order chi connectivity index (χ0) is 14.9. The van der Waals surface area contributed by atoms with Gasteiger partial charge in [0, 0.05) is 6.04 Å².